The fourth-order valence-corrected chi connectivity index (χ4v) is 2.90. The molecule has 1 saturated carbocycles. The number of hydrogen-bond acceptors (Lipinski definition) is 4. The molecular formula is C9H15N3OS. The van der Waals surface area contributed by atoms with Crippen molar-refractivity contribution in [3.63, 3.8) is 0 Å². The molecule has 0 amide bonds. The molecule has 0 saturated heterocycles. The molecule has 5 heteroatoms. The highest BCUT2D eigenvalue weighted by Crippen LogP contribution is 2.33. The lowest BCUT2D eigenvalue weighted by Gasteiger charge is -2.12. The highest BCUT2D eigenvalue weighted by Gasteiger charge is 2.27. The largest absolute Gasteiger partial charge is 0.392 e. The summed E-state index contributed by atoms with van der Waals surface area (Å²) in [5, 5.41) is 19.0. The minimum Gasteiger partial charge on any atom is -0.392 e. The number of aliphatic hydroxyl groups is 1. The minimum absolute atomic E-state index is 0.169. The van der Waals surface area contributed by atoms with E-state index in [1.165, 1.54) is 0 Å². The molecule has 1 aliphatic rings. The van der Waals surface area contributed by atoms with Crippen molar-refractivity contribution in [3.05, 3.63) is 5.82 Å². The van der Waals surface area contributed by atoms with Crippen LogP contribution in [0.15, 0.2) is 5.16 Å². The van der Waals surface area contributed by atoms with Crippen molar-refractivity contribution in [2.75, 3.05) is 0 Å². The van der Waals surface area contributed by atoms with E-state index in [0.29, 0.717) is 5.25 Å². The minimum atomic E-state index is -0.169. The van der Waals surface area contributed by atoms with E-state index in [1.807, 2.05) is 18.5 Å². The highest BCUT2D eigenvalue weighted by atomic mass is 32.2. The third-order valence-corrected chi connectivity index (χ3v) is 4.15. The lowest BCUT2D eigenvalue weighted by atomic mass is 10.3. The van der Waals surface area contributed by atoms with E-state index in [2.05, 4.69) is 10.2 Å². The van der Waals surface area contributed by atoms with Crippen LogP contribution < -0.4 is 0 Å². The predicted molar refractivity (Wildman–Crippen MR) is 55.2 cm³/mol. The second-order valence-electron chi connectivity index (χ2n) is 3.74. The Balaban J connectivity index is 2.07. The lowest BCUT2D eigenvalue weighted by Crippen LogP contribution is -2.15. The zero-order valence-electron chi connectivity index (χ0n) is 8.47. The molecule has 14 heavy (non-hydrogen) atoms. The molecule has 1 aromatic heterocycles. The number of hydrogen-bond donors (Lipinski definition) is 1. The molecule has 1 aliphatic carbocycles. The average molecular weight is 213 g/mol. The summed E-state index contributed by atoms with van der Waals surface area (Å²) < 4.78 is 1.97. The Morgan fingerprint density at radius 2 is 2.21 bits per heavy atom. The SMILES string of the molecule is Cc1nnc(S[C@H]2CCC[C@@H]2O)n1C. The van der Waals surface area contributed by atoms with Crippen LogP contribution in [-0.2, 0) is 7.05 Å². The van der Waals surface area contributed by atoms with Crippen molar-refractivity contribution in [3.8, 4) is 0 Å². The maximum absolute atomic E-state index is 9.67. The van der Waals surface area contributed by atoms with Crippen LogP contribution in [0.25, 0.3) is 0 Å². The standard InChI is InChI=1S/C9H15N3OS/c1-6-10-11-9(12(6)2)14-8-5-3-4-7(8)13/h7-8,13H,3-5H2,1-2H3/t7-,8-/m0/s1. The molecule has 0 aliphatic heterocycles. The van der Waals surface area contributed by atoms with E-state index in [9.17, 15) is 5.11 Å². The van der Waals surface area contributed by atoms with E-state index in [4.69, 9.17) is 0 Å². The molecule has 1 aromatic rings. The molecule has 0 aromatic carbocycles. The van der Waals surface area contributed by atoms with Gasteiger partial charge < -0.3 is 9.67 Å². The monoisotopic (exact) mass is 213 g/mol. The molecule has 0 radical (unpaired) electrons. The lowest BCUT2D eigenvalue weighted by molar-refractivity contribution is 0.188. The average Bonchev–Trinajstić information content (AvgIpc) is 2.68. The first-order valence-corrected chi connectivity index (χ1v) is 5.77. The van der Waals surface area contributed by atoms with Gasteiger partial charge in [-0.3, -0.25) is 0 Å². The van der Waals surface area contributed by atoms with Gasteiger partial charge in [-0.1, -0.05) is 11.8 Å². The molecule has 1 N–H and O–H groups in total. The van der Waals surface area contributed by atoms with E-state index in [-0.39, 0.29) is 6.10 Å². The third-order valence-electron chi connectivity index (χ3n) is 2.73. The highest BCUT2D eigenvalue weighted by molar-refractivity contribution is 7.99. The van der Waals surface area contributed by atoms with Gasteiger partial charge in [0.15, 0.2) is 5.16 Å². The zero-order valence-corrected chi connectivity index (χ0v) is 9.29. The van der Waals surface area contributed by atoms with Gasteiger partial charge in [-0.2, -0.15) is 0 Å². The molecule has 0 bridgehead atoms. The molecule has 1 heterocycles. The van der Waals surface area contributed by atoms with Crippen LogP contribution in [0, 0.1) is 6.92 Å². The van der Waals surface area contributed by atoms with Crippen LogP contribution in [-0.4, -0.2) is 31.2 Å². The summed E-state index contributed by atoms with van der Waals surface area (Å²) in [6.07, 6.45) is 2.96. The summed E-state index contributed by atoms with van der Waals surface area (Å²) in [4.78, 5) is 0. The molecule has 0 unspecified atom stereocenters. The summed E-state index contributed by atoms with van der Waals surface area (Å²) in [5.74, 6) is 0.917. The van der Waals surface area contributed by atoms with Crippen LogP contribution in [0.5, 0.6) is 0 Å². The van der Waals surface area contributed by atoms with Crippen molar-refractivity contribution in [1.29, 1.82) is 0 Å². The van der Waals surface area contributed by atoms with Crippen molar-refractivity contribution in [2.24, 2.45) is 7.05 Å². The number of aliphatic hydroxyl groups excluding tert-OH is 1. The van der Waals surface area contributed by atoms with E-state index in [1.54, 1.807) is 11.8 Å². The Hall–Kier alpha value is -0.550. The molecule has 4 nitrogen and oxygen atoms in total. The van der Waals surface area contributed by atoms with Gasteiger partial charge in [-0.15, -0.1) is 10.2 Å². The number of aryl methyl sites for hydroxylation is 1. The Bertz CT molecular complexity index is 326. The summed E-state index contributed by atoms with van der Waals surface area (Å²) in [5.41, 5.74) is 0. The van der Waals surface area contributed by atoms with Gasteiger partial charge in [0, 0.05) is 12.3 Å². The third kappa shape index (κ3) is 1.79. The fraction of sp³-hybridized carbons (Fsp3) is 0.778. The van der Waals surface area contributed by atoms with Gasteiger partial charge in [-0.25, -0.2) is 0 Å². The van der Waals surface area contributed by atoms with Crippen LogP contribution in [0.1, 0.15) is 25.1 Å². The van der Waals surface area contributed by atoms with Crippen molar-refractivity contribution < 1.29 is 5.11 Å². The second-order valence-corrected chi connectivity index (χ2v) is 4.95. The van der Waals surface area contributed by atoms with Gasteiger partial charge in [0.05, 0.1) is 6.10 Å². The van der Waals surface area contributed by atoms with Crippen molar-refractivity contribution in [2.45, 2.75) is 42.7 Å². The van der Waals surface area contributed by atoms with Crippen LogP contribution in [0.3, 0.4) is 0 Å². The molecule has 78 valence electrons. The van der Waals surface area contributed by atoms with Crippen LogP contribution >= 0.6 is 11.8 Å². The Kier molecular flexibility index (Phi) is 2.78. The Morgan fingerprint density at radius 3 is 2.71 bits per heavy atom. The van der Waals surface area contributed by atoms with Gasteiger partial charge in [0.1, 0.15) is 5.82 Å². The molecular weight excluding hydrogens is 198 g/mol. The summed E-state index contributed by atoms with van der Waals surface area (Å²) in [6.45, 7) is 1.93. The summed E-state index contributed by atoms with van der Waals surface area (Å²) in [6, 6.07) is 0. The van der Waals surface area contributed by atoms with Crippen LogP contribution in [0.2, 0.25) is 0 Å². The molecule has 0 spiro atoms. The Morgan fingerprint density at radius 1 is 1.43 bits per heavy atom. The van der Waals surface area contributed by atoms with E-state index in [0.717, 1.165) is 30.2 Å². The first-order valence-electron chi connectivity index (χ1n) is 4.89. The van der Waals surface area contributed by atoms with Crippen molar-refractivity contribution in [1.82, 2.24) is 14.8 Å². The maximum atomic E-state index is 9.67. The number of aromatic nitrogens is 3. The normalized spacial score (nSPS) is 27.1. The van der Waals surface area contributed by atoms with Gasteiger partial charge in [-0.05, 0) is 26.2 Å². The van der Waals surface area contributed by atoms with Gasteiger partial charge >= 0.3 is 0 Å². The summed E-state index contributed by atoms with van der Waals surface area (Å²) >= 11 is 1.65. The Labute approximate surface area is 87.7 Å². The fourth-order valence-electron chi connectivity index (χ4n) is 1.67. The topological polar surface area (TPSA) is 50.9 Å². The van der Waals surface area contributed by atoms with Gasteiger partial charge in [0.2, 0.25) is 0 Å². The number of thioether (sulfide) groups is 1. The second kappa shape index (κ2) is 3.90. The quantitative estimate of drug-likeness (QED) is 0.800. The van der Waals surface area contributed by atoms with E-state index >= 15 is 0 Å². The summed E-state index contributed by atoms with van der Waals surface area (Å²) in [7, 11) is 1.96. The first kappa shape index (κ1) is 9.98. The van der Waals surface area contributed by atoms with Gasteiger partial charge in [0.25, 0.3) is 0 Å². The molecule has 1 fully saturated rings. The van der Waals surface area contributed by atoms with E-state index < -0.39 is 0 Å². The maximum Gasteiger partial charge on any atom is 0.191 e. The number of nitrogens with zero attached hydrogens (tertiary/aromatic N) is 3. The smallest absolute Gasteiger partial charge is 0.191 e. The van der Waals surface area contributed by atoms with Crippen LogP contribution in [0.4, 0.5) is 0 Å². The molecule has 2 atom stereocenters. The molecule has 2 rings (SSSR count). The predicted octanol–water partition coefficient (Wildman–Crippen LogP) is 1.13. The number of rotatable bonds is 2. The first-order chi connectivity index (χ1) is 6.68. The zero-order chi connectivity index (χ0) is 10.1. The van der Waals surface area contributed by atoms with Crippen molar-refractivity contribution >= 4 is 11.8 Å².